The minimum absolute atomic E-state index is 0.331. The molecule has 0 bridgehead atoms. The molecule has 0 saturated heterocycles. The Morgan fingerprint density at radius 1 is 1.36 bits per heavy atom. The molecule has 0 amide bonds. The Bertz CT molecular complexity index is 198. The average Bonchev–Trinajstić information content (AvgIpc) is 2.06. The highest BCUT2D eigenvalue weighted by Gasteiger charge is 2.03. The van der Waals surface area contributed by atoms with Crippen LogP contribution in [0.25, 0.3) is 0 Å². The normalized spacial score (nSPS) is 12.9. The number of benzene rings is 1. The zero-order valence-electron chi connectivity index (χ0n) is 6.46. The summed E-state index contributed by atoms with van der Waals surface area (Å²) in [6.07, 6.45) is -0.852. The minimum atomic E-state index is -1.18. The Hall–Kier alpha value is -0.890. The summed E-state index contributed by atoms with van der Waals surface area (Å²) in [7, 11) is 1.37. The lowest BCUT2D eigenvalue weighted by atomic mass is 10.2. The van der Waals surface area contributed by atoms with Crippen molar-refractivity contribution in [2.24, 2.45) is 0 Å². The molecule has 1 rings (SSSR count). The van der Waals surface area contributed by atoms with Crippen LogP contribution in [0.15, 0.2) is 30.3 Å². The summed E-state index contributed by atoms with van der Waals surface area (Å²) in [4.78, 5) is 0. The molecule has 1 unspecified atom stereocenters. The van der Waals surface area contributed by atoms with E-state index in [2.05, 4.69) is 4.74 Å². The Morgan fingerprint density at radius 3 is 2.55 bits per heavy atom. The maximum Gasteiger partial charge on any atom is 0.202 e. The second-order valence-corrected chi connectivity index (χ2v) is 2.34. The predicted molar refractivity (Wildman–Crippen MR) is 42.1 cm³/mol. The van der Waals surface area contributed by atoms with Crippen molar-refractivity contribution in [2.45, 2.75) is 12.8 Å². The highest BCUT2D eigenvalue weighted by atomic mass is 19.1. The SMILES string of the molecule is COC(F)Cc1ccccc1. The van der Waals surface area contributed by atoms with E-state index in [9.17, 15) is 4.39 Å². The Morgan fingerprint density at radius 2 is 2.00 bits per heavy atom. The fourth-order valence-corrected chi connectivity index (χ4v) is 0.883. The lowest BCUT2D eigenvalue weighted by Gasteiger charge is -2.04. The third-order valence-corrected chi connectivity index (χ3v) is 1.49. The summed E-state index contributed by atoms with van der Waals surface area (Å²) in [6, 6.07) is 9.44. The van der Waals surface area contributed by atoms with E-state index in [1.54, 1.807) is 0 Å². The van der Waals surface area contributed by atoms with E-state index in [1.165, 1.54) is 7.11 Å². The molecular weight excluding hydrogens is 143 g/mol. The smallest absolute Gasteiger partial charge is 0.202 e. The third-order valence-electron chi connectivity index (χ3n) is 1.49. The summed E-state index contributed by atoms with van der Waals surface area (Å²) in [5.74, 6) is 0. The van der Waals surface area contributed by atoms with Crippen molar-refractivity contribution in [1.82, 2.24) is 0 Å². The van der Waals surface area contributed by atoms with Crippen LogP contribution >= 0.6 is 0 Å². The van der Waals surface area contributed by atoms with Gasteiger partial charge in [0, 0.05) is 13.5 Å². The Balaban J connectivity index is 2.51. The van der Waals surface area contributed by atoms with Crippen molar-refractivity contribution in [2.75, 3.05) is 7.11 Å². The molecule has 0 aromatic heterocycles. The van der Waals surface area contributed by atoms with Crippen molar-refractivity contribution < 1.29 is 9.13 Å². The van der Waals surface area contributed by atoms with Gasteiger partial charge in [-0.3, -0.25) is 0 Å². The molecule has 1 aromatic carbocycles. The van der Waals surface area contributed by atoms with Crippen LogP contribution < -0.4 is 0 Å². The van der Waals surface area contributed by atoms with Crippen molar-refractivity contribution in [3.8, 4) is 0 Å². The van der Waals surface area contributed by atoms with Gasteiger partial charge in [0.25, 0.3) is 0 Å². The maximum atomic E-state index is 12.6. The number of ether oxygens (including phenoxy) is 1. The molecule has 0 aliphatic heterocycles. The molecule has 11 heavy (non-hydrogen) atoms. The van der Waals surface area contributed by atoms with Crippen LogP contribution in [-0.4, -0.2) is 13.5 Å². The van der Waals surface area contributed by atoms with Gasteiger partial charge in [-0.1, -0.05) is 30.3 Å². The van der Waals surface area contributed by atoms with Crippen molar-refractivity contribution in [3.63, 3.8) is 0 Å². The second-order valence-electron chi connectivity index (χ2n) is 2.34. The van der Waals surface area contributed by atoms with Crippen LogP contribution in [0.5, 0.6) is 0 Å². The van der Waals surface area contributed by atoms with Crippen molar-refractivity contribution >= 4 is 0 Å². The standard InChI is InChI=1S/C9H11FO/c1-11-9(10)7-8-5-3-2-4-6-8/h2-6,9H,7H2,1H3. The molecule has 0 fully saturated rings. The van der Waals surface area contributed by atoms with Gasteiger partial charge in [0.2, 0.25) is 6.36 Å². The molecule has 0 spiro atoms. The fraction of sp³-hybridized carbons (Fsp3) is 0.333. The Labute approximate surface area is 65.8 Å². The maximum absolute atomic E-state index is 12.6. The number of methoxy groups -OCH3 is 1. The average molecular weight is 154 g/mol. The van der Waals surface area contributed by atoms with Crippen LogP contribution in [0.1, 0.15) is 5.56 Å². The largest absolute Gasteiger partial charge is 0.351 e. The number of hydrogen-bond acceptors (Lipinski definition) is 1. The first-order chi connectivity index (χ1) is 5.33. The van der Waals surface area contributed by atoms with E-state index in [1.807, 2.05) is 30.3 Å². The zero-order valence-corrected chi connectivity index (χ0v) is 6.46. The van der Waals surface area contributed by atoms with E-state index in [0.29, 0.717) is 6.42 Å². The lowest BCUT2D eigenvalue weighted by Crippen LogP contribution is -2.06. The molecule has 60 valence electrons. The molecule has 1 aromatic rings. The minimum Gasteiger partial charge on any atom is -0.351 e. The molecule has 0 saturated carbocycles. The molecule has 1 nitrogen and oxygen atoms in total. The van der Waals surface area contributed by atoms with Gasteiger partial charge in [-0.05, 0) is 5.56 Å². The van der Waals surface area contributed by atoms with E-state index in [-0.39, 0.29) is 0 Å². The van der Waals surface area contributed by atoms with Gasteiger partial charge in [-0.15, -0.1) is 0 Å². The van der Waals surface area contributed by atoms with Crippen LogP contribution in [-0.2, 0) is 11.2 Å². The molecule has 1 atom stereocenters. The monoisotopic (exact) mass is 154 g/mol. The zero-order chi connectivity index (χ0) is 8.10. The van der Waals surface area contributed by atoms with Gasteiger partial charge in [-0.2, -0.15) is 0 Å². The molecule has 0 aliphatic rings. The Kier molecular flexibility index (Phi) is 3.05. The summed E-state index contributed by atoms with van der Waals surface area (Å²) in [5, 5.41) is 0. The highest BCUT2D eigenvalue weighted by Crippen LogP contribution is 2.05. The number of rotatable bonds is 3. The first kappa shape index (κ1) is 8.21. The second kappa shape index (κ2) is 4.09. The first-order valence-corrected chi connectivity index (χ1v) is 3.53. The first-order valence-electron chi connectivity index (χ1n) is 3.53. The summed E-state index contributed by atoms with van der Waals surface area (Å²) < 4.78 is 17.1. The van der Waals surface area contributed by atoms with Crippen LogP contribution in [0.4, 0.5) is 4.39 Å². The molecular formula is C9H11FO. The summed E-state index contributed by atoms with van der Waals surface area (Å²) >= 11 is 0. The van der Waals surface area contributed by atoms with Gasteiger partial charge in [0.05, 0.1) is 0 Å². The van der Waals surface area contributed by atoms with Gasteiger partial charge in [0.1, 0.15) is 0 Å². The van der Waals surface area contributed by atoms with E-state index >= 15 is 0 Å². The van der Waals surface area contributed by atoms with Crippen molar-refractivity contribution in [1.29, 1.82) is 0 Å². The number of hydrogen-bond donors (Lipinski definition) is 0. The van der Waals surface area contributed by atoms with Crippen LogP contribution in [0.2, 0.25) is 0 Å². The molecule has 0 radical (unpaired) electrons. The molecule has 0 heterocycles. The van der Waals surface area contributed by atoms with Gasteiger partial charge >= 0.3 is 0 Å². The quantitative estimate of drug-likeness (QED) is 0.648. The molecule has 0 aliphatic carbocycles. The van der Waals surface area contributed by atoms with Gasteiger partial charge < -0.3 is 4.74 Å². The van der Waals surface area contributed by atoms with Gasteiger partial charge in [-0.25, -0.2) is 4.39 Å². The summed E-state index contributed by atoms with van der Waals surface area (Å²) in [5.41, 5.74) is 0.960. The lowest BCUT2D eigenvalue weighted by molar-refractivity contribution is -0.00358. The van der Waals surface area contributed by atoms with E-state index in [4.69, 9.17) is 0 Å². The topological polar surface area (TPSA) is 9.23 Å². The predicted octanol–water partition coefficient (Wildman–Crippen LogP) is 2.17. The van der Waals surface area contributed by atoms with E-state index in [0.717, 1.165) is 5.56 Å². The van der Waals surface area contributed by atoms with E-state index < -0.39 is 6.36 Å². The number of halogens is 1. The third kappa shape index (κ3) is 2.68. The summed E-state index contributed by atoms with van der Waals surface area (Å²) in [6.45, 7) is 0. The number of alkyl halides is 1. The highest BCUT2D eigenvalue weighted by molar-refractivity contribution is 5.14. The van der Waals surface area contributed by atoms with Crippen LogP contribution in [0, 0.1) is 0 Å². The van der Waals surface area contributed by atoms with Crippen molar-refractivity contribution in [3.05, 3.63) is 35.9 Å². The van der Waals surface area contributed by atoms with Crippen LogP contribution in [0.3, 0.4) is 0 Å². The molecule has 2 heteroatoms. The molecule has 0 N–H and O–H groups in total. The van der Waals surface area contributed by atoms with Gasteiger partial charge in [0.15, 0.2) is 0 Å². The fourth-order valence-electron chi connectivity index (χ4n) is 0.883.